The van der Waals surface area contributed by atoms with E-state index in [0.29, 0.717) is 38.4 Å². The molecular weight excluding hydrogens is 390 g/mol. The van der Waals surface area contributed by atoms with Gasteiger partial charge in [0.05, 0.1) is 12.2 Å². The number of hydrogen-bond acceptors (Lipinski definition) is 4. The summed E-state index contributed by atoms with van der Waals surface area (Å²) in [5, 5.41) is 2.86. The average molecular weight is 424 g/mol. The molecule has 166 valence electrons. The van der Waals surface area contributed by atoms with Gasteiger partial charge < -0.3 is 14.8 Å². The van der Waals surface area contributed by atoms with E-state index in [-0.39, 0.29) is 11.8 Å². The van der Waals surface area contributed by atoms with Gasteiger partial charge >= 0.3 is 0 Å². The monoisotopic (exact) mass is 423 g/mol. The molecule has 0 bridgehead atoms. The van der Waals surface area contributed by atoms with Crippen LogP contribution in [0, 0.1) is 0 Å². The quantitative estimate of drug-likeness (QED) is 0.802. The van der Waals surface area contributed by atoms with Crippen LogP contribution in [0.2, 0.25) is 0 Å². The number of amides is 2. The van der Waals surface area contributed by atoms with Crippen molar-refractivity contribution >= 4 is 11.8 Å². The Bertz CT molecular complexity index is 908. The zero-order valence-electron chi connectivity index (χ0n) is 18.5. The largest absolute Gasteiger partial charge is 0.355 e. The molecule has 1 fully saturated rings. The highest BCUT2D eigenvalue weighted by Crippen LogP contribution is 2.28. The first kappa shape index (κ1) is 21.6. The summed E-state index contributed by atoms with van der Waals surface area (Å²) in [6.07, 6.45) is 5.17. The van der Waals surface area contributed by atoms with Gasteiger partial charge in [-0.05, 0) is 32.6 Å². The van der Waals surface area contributed by atoms with Crippen molar-refractivity contribution in [1.82, 2.24) is 24.7 Å². The number of fused-ring (bicyclic) bond motifs is 1. The number of carbonyl (C=O) groups is 2. The number of aromatic nitrogens is 2. The smallest absolute Gasteiger partial charge is 0.274 e. The van der Waals surface area contributed by atoms with Gasteiger partial charge in [-0.25, -0.2) is 4.98 Å². The zero-order chi connectivity index (χ0) is 21.6. The summed E-state index contributed by atoms with van der Waals surface area (Å²) in [6, 6.07) is 10.2. The lowest BCUT2D eigenvalue weighted by Crippen LogP contribution is -2.40. The third kappa shape index (κ3) is 4.98. The highest BCUT2D eigenvalue weighted by molar-refractivity contribution is 5.94. The Morgan fingerprint density at radius 2 is 1.81 bits per heavy atom. The van der Waals surface area contributed by atoms with E-state index in [9.17, 15) is 9.59 Å². The molecule has 7 nitrogen and oxygen atoms in total. The van der Waals surface area contributed by atoms with Gasteiger partial charge in [0.25, 0.3) is 5.91 Å². The molecule has 0 atom stereocenters. The number of carbonyl (C=O) groups excluding carboxylic acids is 2. The van der Waals surface area contributed by atoms with Crippen LogP contribution >= 0.6 is 0 Å². The van der Waals surface area contributed by atoms with Crippen molar-refractivity contribution in [1.29, 1.82) is 0 Å². The molecule has 1 aromatic heterocycles. The Labute approximate surface area is 184 Å². The van der Waals surface area contributed by atoms with Crippen LogP contribution in [-0.2, 0) is 17.8 Å². The first-order valence-corrected chi connectivity index (χ1v) is 11.6. The molecule has 31 heavy (non-hydrogen) atoms. The minimum absolute atomic E-state index is 0.0349. The van der Waals surface area contributed by atoms with Gasteiger partial charge in [-0.1, -0.05) is 36.8 Å². The highest BCUT2D eigenvalue weighted by Gasteiger charge is 2.28. The number of imidazole rings is 1. The molecule has 2 aromatic rings. The molecule has 2 aliphatic heterocycles. The van der Waals surface area contributed by atoms with Gasteiger partial charge in [-0.15, -0.1) is 0 Å². The van der Waals surface area contributed by atoms with Crippen LogP contribution in [0.15, 0.2) is 30.3 Å². The van der Waals surface area contributed by atoms with Gasteiger partial charge in [0.2, 0.25) is 5.91 Å². The number of hydrogen-bond donors (Lipinski definition) is 1. The van der Waals surface area contributed by atoms with Crippen molar-refractivity contribution in [2.24, 2.45) is 0 Å². The molecule has 2 amide bonds. The first-order valence-electron chi connectivity index (χ1n) is 11.6. The van der Waals surface area contributed by atoms with Gasteiger partial charge in [0.15, 0.2) is 0 Å². The van der Waals surface area contributed by atoms with Crippen molar-refractivity contribution < 1.29 is 9.59 Å². The predicted octanol–water partition coefficient (Wildman–Crippen LogP) is 2.56. The summed E-state index contributed by atoms with van der Waals surface area (Å²) in [5.41, 5.74) is 2.77. The SMILES string of the molecule is CCNC(=O)CN1CCCN(C(=O)c2nc(-c3ccccc3)n3c2CCCCC3)CC1. The summed E-state index contributed by atoms with van der Waals surface area (Å²) < 4.78 is 2.27. The fourth-order valence-electron chi connectivity index (χ4n) is 4.64. The Morgan fingerprint density at radius 1 is 0.968 bits per heavy atom. The van der Waals surface area contributed by atoms with Crippen LogP contribution in [0.5, 0.6) is 0 Å². The number of benzene rings is 1. The highest BCUT2D eigenvalue weighted by atomic mass is 16.2. The van der Waals surface area contributed by atoms with Gasteiger partial charge in [0.1, 0.15) is 11.5 Å². The molecule has 0 aliphatic carbocycles. The van der Waals surface area contributed by atoms with E-state index in [1.165, 1.54) is 6.42 Å². The van der Waals surface area contributed by atoms with Crippen molar-refractivity contribution in [2.45, 2.75) is 45.6 Å². The Morgan fingerprint density at radius 3 is 2.61 bits per heavy atom. The zero-order valence-corrected chi connectivity index (χ0v) is 18.5. The second-order valence-electron chi connectivity index (χ2n) is 8.43. The lowest BCUT2D eigenvalue weighted by molar-refractivity contribution is -0.122. The molecule has 0 saturated carbocycles. The topological polar surface area (TPSA) is 70.5 Å². The molecule has 0 radical (unpaired) electrons. The third-order valence-electron chi connectivity index (χ3n) is 6.22. The van der Waals surface area contributed by atoms with Crippen LogP contribution in [0.3, 0.4) is 0 Å². The molecule has 0 spiro atoms. The summed E-state index contributed by atoms with van der Waals surface area (Å²) in [7, 11) is 0. The van der Waals surface area contributed by atoms with Crippen molar-refractivity contribution in [3.05, 3.63) is 41.7 Å². The van der Waals surface area contributed by atoms with E-state index in [1.54, 1.807) is 0 Å². The molecule has 2 aliphatic rings. The van der Waals surface area contributed by atoms with Crippen molar-refractivity contribution in [2.75, 3.05) is 39.3 Å². The van der Waals surface area contributed by atoms with E-state index >= 15 is 0 Å². The molecule has 1 saturated heterocycles. The van der Waals surface area contributed by atoms with Gasteiger partial charge in [-0.3, -0.25) is 14.5 Å². The summed E-state index contributed by atoms with van der Waals surface area (Å²) in [4.78, 5) is 34.5. The van der Waals surface area contributed by atoms with E-state index in [0.717, 1.165) is 55.9 Å². The van der Waals surface area contributed by atoms with Crippen LogP contribution < -0.4 is 5.32 Å². The lowest BCUT2D eigenvalue weighted by Gasteiger charge is -2.21. The third-order valence-corrected chi connectivity index (χ3v) is 6.22. The van der Waals surface area contributed by atoms with E-state index in [4.69, 9.17) is 4.98 Å². The number of likely N-dealkylation sites (N-methyl/N-ethyl adjacent to an activating group) is 1. The van der Waals surface area contributed by atoms with Crippen molar-refractivity contribution in [3.63, 3.8) is 0 Å². The normalized spacial score (nSPS) is 17.5. The number of nitrogens with zero attached hydrogens (tertiary/aromatic N) is 4. The first-order chi connectivity index (χ1) is 15.2. The molecule has 0 unspecified atom stereocenters. The minimum Gasteiger partial charge on any atom is -0.355 e. The molecule has 3 heterocycles. The van der Waals surface area contributed by atoms with E-state index < -0.39 is 0 Å². The second-order valence-corrected chi connectivity index (χ2v) is 8.43. The lowest BCUT2D eigenvalue weighted by atomic mass is 10.1. The maximum Gasteiger partial charge on any atom is 0.274 e. The number of nitrogens with one attached hydrogen (secondary N) is 1. The minimum atomic E-state index is 0.0349. The van der Waals surface area contributed by atoms with Gasteiger partial charge in [-0.2, -0.15) is 0 Å². The molecule has 7 heteroatoms. The standard InChI is InChI=1S/C24H33N5O2/c1-2-25-21(30)18-27-13-9-14-28(17-16-27)24(31)22-20-12-7-4-8-15-29(20)23(26-22)19-10-5-3-6-11-19/h3,5-6,10-11H,2,4,7-9,12-18H2,1H3,(H,25,30). The molecule has 4 rings (SSSR count). The van der Waals surface area contributed by atoms with Gasteiger partial charge in [0, 0.05) is 44.8 Å². The Hall–Kier alpha value is -2.67. The molecular formula is C24H33N5O2. The Balaban J connectivity index is 1.54. The predicted molar refractivity (Wildman–Crippen MR) is 121 cm³/mol. The van der Waals surface area contributed by atoms with E-state index in [2.05, 4.69) is 26.9 Å². The van der Waals surface area contributed by atoms with Crippen LogP contribution in [-0.4, -0.2) is 70.4 Å². The maximum atomic E-state index is 13.6. The summed E-state index contributed by atoms with van der Waals surface area (Å²) in [5.74, 6) is 0.996. The molecule has 1 N–H and O–H groups in total. The summed E-state index contributed by atoms with van der Waals surface area (Å²) in [6.45, 7) is 6.77. The fourth-order valence-corrected chi connectivity index (χ4v) is 4.64. The maximum absolute atomic E-state index is 13.6. The van der Waals surface area contributed by atoms with Crippen molar-refractivity contribution in [3.8, 4) is 11.4 Å². The summed E-state index contributed by atoms with van der Waals surface area (Å²) >= 11 is 0. The van der Waals surface area contributed by atoms with Crippen LogP contribution in [0.4, 0.5) is 0 Å². The van der Waals surface area contributed by atoms with E-state index in [1.807, 2.05) is 30.0 Å². The number of rotatable bonds is 5. The fraction of sp³-hybridized carbons (Fsp3) is 0.542. The molecule has 1 aromatic carbocycles. The van der Waals surface area contributed by atoms with Crippen LogP contribution in [0.25, 0.3) is 11.4 Å². The second kappa shape index (κ2) is 10.1. The van der Waals surface area contributed by atoms with Crippen LogP contribution in [0.1, 0.15) is 48.8 Å². The Kier molecular flexibility index (Phi) is 7.02. The average Bonchev–Trinajstić information content (AvgIpc) is 2.95.